The summed E-state index contributed by atoms with van der Waals surface area (Å²) >= 11 is 0. The zero-order valence-corrected chi connectivity index (χ0v) is 9.84. The molecule has 0 unspecified atom stereocenters. The van der Waals surface area contributed by atoms with Gasteiger partial charge in [0.05, 0.1) is 12.8 Å². The Kier molecular flexibility index (Phi) is 3.90. The van der Waals surface area contributed by atoms with Crippen molar-refractivity contribution in [3.05, 3.63) is 11.9 Å². The molecule has 1 fully saturated rings. The molecule has 1 aromatic rings. The van der Waals surface area contributed by atoms with E-state index in [0.29, 0.717) is 11.6 Å². The molecular weight excluding hydrogens is 204 g/mol. The summed E-state index contributed by atoms with van der Waals surface area (Å²) in [5.41, 5.74) is 0.656. The Balaban J connectivity index is 1.88. The first kappa shape index (κ1) is 11.5. The first-order valence-corrected chi connectivity index (χ1v) is 6.04. The van der Waals surface area contributed by atoms with Gasteiger partial charge in [0.25, 0.3) is 0 Å². The van der Waals surface area contributed by atoms with Gasteiger partial charge in [0.2, 0.25) is 0 Å². The molecule has 0 aliphatic carbocycles. The molecule has 1 atom stereocenters. The van der Waals surface area contributed by atoms with E-state index in [0.717, 1.165) is 19.6 Å². The first-order valence-electron chi connectivity index (χ1n) is 6.04. The molecule has 2 heterocycles. The van der Waals surface area contributed by atoms with Crippen molar-refractivity contribution in [1.29, 1.82) is 0 Å². The van der Waals surface area contributed by atoms with Crippen molar-refractivity contribution in [3.63, 3.8) is 0 Å². The maximum absolute atomic E-state index is 8.91. The summed E-state index contributed by atoms with van der Waals surface area (Å²) in [5.74, 6) is 0.668. The lowest BCUT2D eigenvalue weighted by Gasteiger charge is -2.31. The van der Waals surface area contributed by atoms with E-state index in [-0.39, 0.29) is 6.61 Å². The fraction of sp³-hybridized carbons (Fsp3) is 0.818. The molecular formula is C11H20N4O. The third-order valence-corrected chi connectivity index (χ3v) is 3.24. The maximum atomic E-state index is 8.91. The highest BCUT2D eigenvalue weighted by Crippen LogP contribution is 2.17. The lowest BCUT2D eigenvalue weighted by atomic mass is 9.98. The van der Waals surface area contributed by atoms with Gasteiger partial charge in [0.15, 0.2) is 0 Å². The summed E-state index contributed by atoms with van der Waals surface area (Å²) in [6.45, 7) is 6.63. The number of nitrogens with zero attached hydrogens (tertiary/aromatic N) is 4. The minimum Gasteiger partial charge on any atom is -0.390 e. The third-order valence-electron chi connectivity index (χ3n) is 3.24. The molecule has 1 saturated heterocycles. The highest BCUT2D eigenvalue weighted by atomic mass is 16.3. The topological polar surface area (TPSA) is 54.2 Å². The van der Waals surface area contributed by atoms with E-state index in [1.54, 1.807) is 0 Å². The molecule has 0 amide bonds. The lowest BCUT2D eigenvalue weighted by molar-refractivity contribution is 0.166. The molecule has 0 bridgehead atoms. The normalized spacial score (nSPS) is 22.5. The smallest absolute Gasteiger partial charge is 0.108 e. The zero-order valence-electron chi connectivity index (χ0n) is 9.84. The number of aliphatic hydroxyl groups is 1. The SMILES string of the molecule is CCN1CCC[C@H](Cn2cc(CO)nn2)C1. The van der Waals surface area contributed by atoms with Crippen LogP contribution in [0.1, 0.15) is 25.5 Å². The standard InChI is InChI=1S/C11H20N4O/c1-2-14-5-3-4-10(6-14)7-15-8-11(9-16)12-13-15/h8,10,16H,2-7,9H2,1H3/t10-/m0/s1. The fourth-order valence-electron chi connectivity index (χ4n) is 2.35. The van der Waals surface area contributed by atoms with Crippen molar-refractivity contribution in [2.75, 3.05) is 19.6 Å². The van der Waals surface area contributed by atoms with Crippen molar-refractivity contribution in [1.82, 2.24) is 19.9 Å². The quantitative estimate of drug-likeness (QED) is 0.809. The van der Waals surface area contributed by atoms with E-state index in [1.165, 1.54) is 19.4 Å². The highest BCUT2D eigenvalue weighted by molar-refractivity contribution is 4.89. The molecule has 1 aliphatic rings. The Labute approximate surface area is 96.1 Å². The Morgan fingerprint density at radius 2 is 2.44 bits per heavy atom. The summed E-state index contributed by atoms with van der Waals surface area (Å²) in [4.78, 5) is 2.48. The van der Waals surface area contributed by atoms with Crippen LogP contribution >= 0.6 is 0 Å². The molecule has 1 aliphatic heterocycles. The van der Waals surface area contributed by atoms with Gasteiger partial charge in [-0.05, 0) is 31.8 Å². The molecule has 0 spiro atoms. The molecule has 5 heteroatoms. The second-order valence-corrected chi connectivity index (χ2v) is 4.49. The minimum atomic E-state index is -0.0221. The lowest BCUT2D eigenvalue weighted by Crippen LogP contribution is -2.36. The fourth-order valence-corrected chi connectivity index (χ4v) is 2.35. The predicted octanol–water partition coefficient (Wildman–Crippen LogP) is 0.502. The number of aromatic nitrogens is 3. The van der Waals surface area contributed by atoms with Crippen molar-refractivity contribution in [3.8, 4) is 0 Å². The molecule has 2 rings (SSSR count). The van der Waals surface area contributed by atoms with Crippen molar-refractivity contribution in [2.24, 2.45) is 5.92 Å². The van der Waals surface area contributed by atoms with Crippen LogP contribution in [0.3, 0.4) is 0 Å². The summed E-state index contributed by atoms with van der Waals surface area (Å²) in [6.07, 6.45) is 4.38. The first-order chi connectivity index (χ1) is 7.81. The molecule has 0 saturated carbocycles. The monoisotopic (exact) mass is 224 g/mol. The van der Waals surface area contributed by atoms with E-state index < -0.39 is 0 Å². The average Bonchev–Trinajstić information content (AvgIpc) is 2.77. The van der Waals surface area contributed by atoms with Gasteiger partial charge in [-0.25, -0.2) is 0 Å². The number of rotatable bonds is 4. The number of hydrogen-bond donors (Lipinski definition) is 1. The van der Waals surface area contributed by atoms with E-state index in [9.17, 15) is 0 Å². The van der Waals surface area contributed by atoms with Crippen LogP contribution in [0.4, 0.5) is 0 Å². The average molecular weight is 224 g/mol. The van der Waals surface area contributed by atoms with Crippen molar-refractivity contribution >= 4 is 0 Å². The van der Waals surface area contributed by atoms with Crippen molar-refractivity contribution in [2.45, 2.75) is 32.9 Å². The second-order valence-electron chi connectivity index (χ2n) is 4.49. The van der Waals surface area contributed by atoms with Gasteiger partial charge >= 0.3 is 0 Å². The summed E-state index contributed by atoms with van der Waals surface area (Å²) in [6, 6.07) is 0. The zero-order chi connectivity index (χ0) is 11.4. The number of aliphatic hydroxyl groups excluding tert-OH is 1. The van der Waals surface area contributed by atoms with Crippen molar-refractivity contribution < 1.29 is 5.11 Å². The molecule has 5 nitrogen and oxygen atoms in total. The van der Waals surface area contributed by atoms with Gasteiger partial charge in [0, 0.05) is 13.1 Å². The number of likely N-dealkylation sites (tertiary alicyclic amines) is 1. The Morgan fingerprint density at radius 1 is 1.56 bits per heavy atom. The van der Waals surface area contributed by atoms with Crippen LogP contribution < -0.4 is 0 Å². The van der Waals surface area contributed by atoms with Crippen LogP contribution in [-0.2, 0) is 13.2 Å². The van der Waals surface area contributed by atoms with E-state index >= 15 is 0 Å². The maximum Gasteiger partial charge on any atom is 0.108 e. The van der Waals surface area contributed by atoms with Gasteiger partial charge in [0.1, 0.15) is 5.69 Å². The Hall–Kier alpha value is -0.940. The van der Waals surface area contributed by atoms with Crippen LogP contribution in [-0.4, -0.2) is 44.6 Å². The molecule has 1 aromatic heterocycles. The van der Waals surface area contributed by atoms with Gasteiger partial charge in [-0.2, -0.15) is 0 Å². The van der Waals surface area contributed by atoms with Crippen LogP contribution in [0.2, 0.25) is 0 Å². The highest BCUT2D eigenvalue weighted by Gasteiger charge is 2.19. The molecule has 0 radical (unpaired) electrons. The summed E-state index contributed by atoms with van der Waals surface area (Å²) in [7, 11) is 0. The van der Waals surface area contributed by atoms with Crippen LogP contribution in [0.25, 0.3) is 0 Å². The molecule has 1 N–H and O–H groups in total. The third kappa shape index (κ3) is 2.80. The van der Waals surface area contributed by atoms with Gasteiger partial charge in [-0.3, -0.25) is 4.68 Å². The van der Waals surface area contributed by atoms with Crippen LogP contribution in [0.15, 0.2) is 6.20 Å². The van der Waals surface area contributed by atoms with Crippen LogP contribution in [0, 0.1) is 5.92 Å². The largest absolute Gasteiger partial charge is 0.390 e. The number of piperidine rings is 1. The predicted molar refractivity (Wildman–Crippen MR) is 60.8 cm³/mol. The Morgan fingerprint density at radius 3 is 3.12 bits per heavy atom. The molecule has 90 valence electrons. The number of hydrogen-bond acceptors (Lipinski definition) is 4. The van der Waals surface area contributed by atoms with E-state index in [2.05, 4.69) is 22.1 Å². The van der Waals surface area contributed by atoms with Gasteiger partial charge in [-0.15, -0.1) is 5.10 Å². The second kappa shape index (κ2) is 5.41. The van der Waals surface area contributed by atoms with Gasteiger partial charge < -0.3 is 10.0 Å². The summed E-state index contributed by atoms with van der Waals surface area (Å²) < 4.78 is 1.86. The summed E-state index contributed by atoms with van der Waals surface area (Å²) in [5, 5.41) is 16.8. The molecule has 0 aromatic carbocycles. The van der Waals surface area contributed by atoms with E-state index in [4.69, 9.17) is 5.11 Å². The molecule has 16 heavy (non-hydrogen) atoms. The van der Waals surface area contributed by atoms with Gasteiger partial charge in [-0.1, -0.05) is 12.1 Å². The Bertz CT molecular complexity index is 326. The van der Waals surface area contributed by atoms with E-state index in [1.807, 2.05) is 10.9 Å². The minimum absolute atomic E-state index is 0.0221. The van der Waals surface area contributed by atoms with Crippen LogP contribution in [0.5, 0.6) is 0 Å².